The van der Waals surface area contributed by atoms with Crippen molar-refractivity contribution >= 4 is 17.0 Å². The molecule has 0 aliphatic carbocycles. The molecule has 5 aromatic rings. The highest BCUT2D eigenvalue weighted by Gasteiger charge is 2.19. The third-order valence-electron chi connectivity index (χ3n) is 4.92. The Bertz CT molecular complexity index is 1510. The Labute approximate surface area is 182 Å². The molecule has 0 spiro atoms. The number of benzene rings is 1. The van der Waals surface area contributed by atoms with Crippen LogP contribution in [0.5, 0.6) is 0 Å². The van der Waals surface area contributed by atoms with Crippen molar-refractivity contribution in [2.75, 3.05) is 5.73 Å². The summed E-state index contributed by atoms with van der Waals surface area (Å²) >= 11 is 0. The third kappa shape index (κ3) is 3.21. The number of hydrogen-bond donors (Lipinski definition) is 2. The van der Waals surface area contributed by atoms with E-state index in [1.54, 1.807) is 43.6 Å². The van der Waals surface area contributed by atoms with E-state index >= 15 is 0 Å². The molecular weight excluding hydrogens is 392 g/mol. The van der Waals surface area contributed by atoms with Crippen LogP contribution in [0.15, 0.2) is 54.7 Å². The summed E-state index contributed by atoms with van der Waals surface area (Å²) < 4.78 is 25.3. The Balaban J connectivity index is 1.79. The Morgan fingerprint density at radius 1 is 1.06 bits per heavy atom. The number of pyridine rings is 2. The van der Waals surface area contributed by atoms with Crippen LogP contribution in [0.3, 0.4) is 0 Å². The lowest BCUT2D eigenvalue weighted by Crippen LogP contribution is -2.02. The molecule has 0 amide bonds. The van der Waals surface area contributed by atoms with Crippen molar-refractivity contribution in [2.24, 2.45) is 7.05 Å². The summed E-state index contributed by atoms with van der Waals surface area (Å²) in [5.74, 6) is 0.835. The van der Waals surface area contributed by atoms with Crippen LogP contribution in [0.2, 0.25) is 0 Å². The van der Waals surface area contributed by atoms with Crippen molar-refractivity contribution in [3.63, 3.8) is 0 Å². The second kappa shape index (κ2) is 7.29. The third-order valence-corrected chi connectivity index (χ3v) is 4.92. The van der Waals surface area contributed by atoms with Gasteiger partial charge in [0.05, 0.1) is 23.6 Å². The van der Waals surface area contributed by atoms with Crippen molar-refractivity contribution in [3.05, 3.63) is 66.0 Å². The number of imidazole rings is 1. The van der Waals surface area contributed by atoms with E-state index in [0.717, 1.165) is 11.3 Å². The number of anilines is 1. The largest absolute Gasteiger partial charge is 0.392 e. The summed E-state index contributed by atoms with van der Waals surface area (Å²) in [5.41, 5.74) is 9.73. The molecule has 0 bridgehead atoms. The Hall–Kier alpha value is -4.11. The zero-order chi connectivity index (χ0) is 24.0. The number of aliphatic hydroxyl groups is 1. The smallest absolute Gasteiger partial charge is 0.165 e. The van der Waals surface area contributed by atoms with E-state index in [2.05, 4.69) is 15.2 Å². The lowest BCUT2D eigenvalue weighted by atomic mass is 10.2. The maximum atomic E-state index is 9.44. The minimum Gasteiger partial charge on any atom is -0.392 e. The number of nitrogen functional groups attached to an aromatic ring is 1. The van der Waals surface area contributed by atoms with Gasteiger partial charge in [0.15, 0.2) is 11.5 Å². The van der Waals surface area contributed by atoms with Crippen LogP contribution in [0.1, 0.15) is 15.4 Å². The highest BCUT2D eigenvalue weighted by molar-refractivity contribution is 5.84. The van der Waals surface area contributed by atoms with Gasteiger partial charge in [0.25, 0.3) is 0 Å². The minimum atomic E-state index is -2.45. The van der Waals surface area contributed by atoms with Gasteiger partial charge in [-0.2, -0.15) is 15.0 Å². The number of hydrogen-bond acceptors (Lipinski definition) is 7. The molecule has 0 aliphatic heterocycles. The topological polar surface area (TPSA) is 121 Å². The number of aromatic nitrogens is 7. The lowest BCUT2D eigenvalue weighted by Gasteiger charge is -2.11. The zero-order valence-electron chi connectivity index (χ0n) is 19.6. The lowest BCUT2D eigenvalue weighted by molar-refractivity contribution is 0.282. The molecule has 4 aromatic heterocycles. The van der Waals surface area contributed by atoms with Crippen molar-refractivity contribution in [2.45, 2.75) is 13.5 Å². The maximum absolute atomic E-state index is 9.44. The average molecular weight is 415 g/mol. The molecule has 9 nitrogen and oxygen atoms in total. The van der Waals surface area contributed by atoms with E-state index in [4.69, 9.17) is 19.8 Å². The van der Waals surface area contributed by atoms with Gasteiger partial charge < -0.3 is 10.8 Å². The number of aliphatic hydroxyl groups excluding tert-OH is 1. The van der Waals surface area contributed by atoms with Gasteiger partial charge >= 0.3 is 0 Å². The fourth-order valence-corrected chi connectivity index (χ4v) is 3.45. The van der Waals surface area contributed by atoms with Gasteiger partial charge in [0.1, 0.15) is 17.0 Å². The monoisotopic (exact) mass is 415 g/mol. The summed E-state index contributed by atoms with van der Waals surface area (Å²) in [4.78, 5) is 14.9. The molecule has 0 atom stereocenters. The van der Waals surface area contributed by atoms with Crippen LogP contribution in [0, 0.1) is 6.85 Å². The minimum absolute atomic E-state index is 0.0830. The van der Waals surface area contributed by atoms with E-state index in [-0.39, 0.29) is 18.0 Å². The fraction of sp³-hybridized carbons (Fsp3) is 0.136. The molecule has 0 fully saturated rings. The second-order valence-electron chi connectivity index (χ2n) is 6.96. The normalized spacial score (nSPS) is 13.2. The first-order chi connectivity index (χ1) is 16.3. The molecule has 0 radical (unpaired) electrons. The first-order valence-corrected chi connectivity index (χ1v) is 9.49. The van der Waals surface area contributed by atoms with Crippen LogP contribution in [0.4, 0.5) is 5.82 Å². The second-order valence-corrected chi connectivity index (χ2v) is 6.96. The molecule has 0 aliphatic rings. The van der Waals surface area contributed by atoms with Gasteiger partial charge in [-0.15, -0.1) is 0 Å². The first kappa shape index (κ1) is 15.7. The van der Waals surface area contributed by atoms with Gasteiger partial charge in [-0.3, -0.25) is 4.57 Å². The molecule has 4 heterocycles. The summed E-state index contributed by atoms with van der Waals surface area (Å²) in [6.45, 7) is -2.53. The molecule has 9 heteroatoms. The van der Waals surface area contributed by atoms with Gasteiger partial charge in [-0.25, -0.2) is 15.0 Å². The molecule has 0 saturated heterocycles. The molecule has 0 saturated carbocycles. The summed E-state index contributed by atoms with van der Waals surface area (Å²) in [7, 11) is 1.56. The van der Waals surface area contributed by atoms with Crippen LogP contribution < -0.4 is 5.73 Å². The molecule has 154 valence electrons. The highest BCUT2D eigenvalue weighted by Crippen LogP contribution is 2.31. The van der Waals surface area contributed by atoms with Crippen LogP contribution in [-0.2, 0) is 13.7 Å². The quantitative estimate of drug-likeness (QED) is 0.463. The van der Waals surface area contributed by atoms with Gasteiger partial charge in [0, 0.05) is 23.0 Å². The van der Waals surface area contributed by atoms with Gasteiger partial charge in [-0.1, -0.05) is 12.1 Å². The van der Waals surface area contributed by atoms with Crippen molar-refractivity contribution in [1.29, 1.82) is 0 Å². The standard InChI is InChI=1S/C22H20N8O/c1-13-19(28-29(2)27-13)17-9-10-18-22(25-17)30(15-7-5-14(12-31)6-8-15)21(26-18)16-4-3-11-24-20(16)23/h3-11,31H,12H2,1-2H3,(H2,23,24)/i1D3. The number of rotatable bonds is 4. The van der Waals surface area contributed by atoms with Gasteiger partial charge in [-0.05, 0) is 48.8 Å². The molecule has 3 N–H and O–H groups in total. The van der Waals surface area contributed by atoms with E-state index < -0.39 is 6.85 Å². The number of aryl methyl sites for hydroxylation is 2. The van der Waals surface area contributed by atoms with Crippen molar-refractivity contribution in [1.82, 2.24) is 34.5 Å². The SMILES string of the molecule is [2H]C([2H])([2H])c1nn(C)nc1-c1ccc2nc(-c3cccnc3N)n(-c3ccc(CO)cc3)c2n1. The molecule has 5 rings (SSSR count). The van der Waals surface area contributed by atoms with E-state index in [9.17, 15) is 5.11 Å². The van der Waals surface area contributed by atoms with Crippen LogP contribution in [0.25, 0.3) is 39.6 Å². The Morgan fingerprint density at radius 3 is 2.65 bits per heavy atom. The van der Waals surface area contributed by atoms with Crippen molar-refractivity contribution in [3.8, 4) is 28.5 Å². The van der Waals surface area contributed by atoms with Crippen LogP contribution in [-0.4, -0.2) is 39.6 Å². The van der Waals surface area contributed by atoms with Crippen molar-refractivity contribution < 1.29 is 9.22 Å². The van der Waals surface area contributed by atoms with Crippen LogP contribution >= 0.6 is 0 Å². The zero-order valence-corrected chi connectivity index (χ0v) is 16.6. The Kier molecular flexibility index (Phi) is 3.69. The summed E-state index contributed by atoms with van der Waals surface area (Å²) in [6, 6.07) is 14.3. The van der Waals surface area contributed by atoms with E-state index in [0.29, 0.717) is 34.1 Å². The summed E-state index contributed by atoms with van der Waals surface area (Å²) in [6.07, 6.45) is 1.60. The molecule has 0 unspecified atom stereocenters. The molecule has 1 aromatic carbocycles. The first-order valence-electron chi connectivity index (χ1n) is 11.0. The molecule has 31 heavy (non-hydrogen) atoms. The number of fused-ring (bicyclic) bond motifs is 1. The van der Waals surface area contributed by atoms with E-state index in [1.807, 2.05) is 22.8 Å². The molecular formula is C22H20N8O. The number of nitrogens with two attached hydrogens (primary N) is 1. The fourth-order valence-electron chi connectivity index (χ4n) is 3.45. The number of nitrogens with zero attached hydrogens (tertiary/aromatic N) is 7. The average Bonchev–Trinajstić information content (AvgIpc) is 3.39. The predicted molar refractivity (Wildman–Crippen MR) is 117 cm³/mol. The summed E-state index contributed by atoms with van der Waals surface area (Å²) in [5, 5.41) is 17.7. The maximum Gasteiger partial charge on any atom is 0.165 e. The van der Waals surface area contributed by atoms with E-state index in [1.165, 1.54) is 4.80 Å². The predicted octanol–water partition coefficient (Wildman–Crippen LogP) is 2.66. The Morgan fingerprint density at radius 2 is 1.90 bits per heavy atom. The highest BCUT2D eigenvalue weighted by atomic mass is 16.3. The van der Waals surface area contributed by atoms with Gasteiger partial charge in [0.2, 0.25) is 0 Å².